The van der Waals surface area contributed by atoms with Crippen LogP contribution in [0.2, 0.25) is 0 Å². The van der Waals surface area contributed by atoms with E-state index in [1.165, 1.54) is 19.3 Å². The van der Waals surface area contributed by atoms with Gasteiger partial charge in [-0.2, -0.15) is 0 Å². The topological polar surface area (TPSA) is 67.2 Å². The van der Waals surface area contributed by atoms with Gasteiger partial charge in [0.15, 0.2) is 0 Å². The first kappa shape index (κ1) is 28.6. The van der Waals surface area contributed by atoms with Crippen LogP contribution in [0, 0.1) is 5.41 Å². The van der Waals surface area contributed by atoms with Crippen molar-refractivity contribution in [3.63, 3.8) is 0 Å². The summed E-state index contributed by atoms with van der Waals surface area (Å²) in [6.45, 7) is 7.46. The first-order chi connectivity index (χ1) is 15.9. The molecule has 0 fully saturated rings. The number of aryl methyl sites for hydroxylation is 1. The molecule has 0 saturated heterocycles. The van der Waals surface area contributed by atoms with Crippen molar-refractivity contribution in [3.8, 4) is 0 Å². The number of carbonyl (C=O) groups is 1. The van der Waals surface area contributed by atoms with Gasteiger partial charge in [-0.1, -0.05) is 68.9 Å². The van der Waals surface area contributed by atoms with E-state index in [0.29, 0.717) is 6.42 Å². The van der Waals surface area contributed by atoms with Crippen LogP contribution in [-0.2, 0) is 11.3 Å². The number of imidazole rings is 1. The Morgan fingerprint density at radius 2 is 1.70 bits per heavy atom. The smallest absolute Gasteiger partial charge is 0.220 e. The van der Waals surface area contributed by atoms with Gasteiger partial charge in [-0.25, -0.2) is 4.98 Å². The van der Waals surface area contributed by atoms with Crippen LogP contribution < -0.4 is 5.32 Å². The number of aliphatic hydroxyl groups excluding tert-OH is 1. The number of aliphatic hydroxyl groups is 1. The highest BCUT2D eigenvalue weighted by Crippen LogP contribution is 2.25. The molecule has 184 valence electrons. The number of aromatic nitrogens is 2. The van der Waals surface area contributed by atoms with Crippen molar-refractivity contribution in [3.05, 3.63) is 67.3 Å². The van der Waals surface area contributed by atoms with Gasteiger partial charge in [-0.05, 0) is 57.3 Å². The predicted octanol–water partition coefficient (Wildman–Crippen LogP) is 6.14. The van der Waals surface area contributed by atoms with E-state index in [1.54, 1.807) is 6.92 Å². The lowest BCUT2D eigenvalue weighted by atomic mass is 9.86. The third-order valence-corrected chi connectivity index (χ3v) is 5.39. The number of unbranched alkanes of at least 4 members (excludes halogenated alkanes) is 2. The van der Waals surface area contributed by atoms with Crippen molar-refractivity contribution in [2.75, 3.05) is 6.61 Å². The number of rotatable bonds is 18. The van der Waals surface area contributed by atoms with Gasteiger partial charge in [0.05, 0.1) is 12.9 Å². The standard InChI is InChI=1S/C28H45N3O2/c1-26(24-32)30-27(33)18-14-12-10-8-6-4-5-7-9-11-13-15-19-28(2,3)20-16-17-22-31-23-21-29-25-31/h4-5,8-11,15,19,21,23,25-26,32H,6-7,12-14,16-18,20,22,24H2,1-3H3,(H,30,33)/b5-4-,10-8-,11-9-,19-15-/t26-/m1/s1. The van der Waals surface area contributed by atoms with E-state index in [9.17, 15) is 4.79 Å². The van der Waals surface area contributed by atoms with Gasteiger partial charge in [0.2, 0.25) is 5.91 Å². The lowest BCUT2D eigenvalue weighted by Gasteiger charge is -2.20. The Kier molecular flexibility index (Phi) is 15.7. The maximum Gasteiger partial charge on any atom is 0.220 e. The number of nitrogens with one attached hydrogen (secondary N) is 1. The molecular formula is C28H45N3O2. The molecule has 0 bridgehead atoms. The summed E-state index contributed by atoms with van der Waals surface area (Å²) in [5.41, 5.74) is 0.247. The second-order valence-electron chi connectivity index (χ2n) is 9.31. The highest BCUT2D eigenvalue weighted by atomic mass is 16.3. The highest BCUT2D eigenvalue weighted by molar-refractivity contribution is 5.76. The van der Waals surface area contributed by atoms with Crippen LogP contribution in [0.25, 0.3) is 0 Å². The quantitative estimate of drug-likeness (QED) is 0.206. The van der Waals surface area contributed by atoms with Crippen LogP contribution in [0.3, 0.4) is 0 Å². The number of hydrogen-bond donors (Lipinski definition) is 2. The van der Waals surface area contributed by atoms with Gasteiger partial charge in [-0.15, -0.1) is 0 Å². The Hall–Kier alpha value is -2.40. The molecule has 33 heavy (non-hydrogen) atoms. The average Bonchev–Trinajstić information content (AvgIpc) is 3.30. The molecule has 1 aromatic heterocycles. The molecule has 0 aliphatic rings. The highest BCUT2D eigenvalue weighted by Gasteiger charge is 2.12. The Balaban J connectivity index is 2.02. The minimum atomic E-state index is -0.163. The van der Waals surface area contributed by atoms with E-state index in [4.69, 9.17) is 5.11 Å². The zero-order valence-corrected chi connectivity index (χ0v) is 21.0. The van der Waals surface area contributed by atoms with Crippen LogP contribution >= 0.6 is 0 Å². The van der Waals surface area contributed by atoms with Crippen molar-refractivity contribution in [1.29, 1.82) is 0 Å². The second-order valence-corrected chi connectivity index (χ2v) is 9.31. The van der Waals surface area contributed by atoms with Crippen LogP contribution in [0.1, 0.15) is 78.6 Å². The Bertz CT molecular complexity index is 730. The summed E-state index contributed by atoms with van der Waals surface area (Å²) >= 11 is 0. The SMILES string of the molecule is C[C@H](CO)NC(=O)CCC/C=C\C/C=C\C/C=C\C/C=C\C(C)(C)CCCCn1ccnc1. The molecule has 5 nitrogen and oxygen atoms in total. The molecule has 0 unspecified atom stereocenters. The largest absolute Gasteiger partial charge is 0.394 e. The van der Waals surface area contributed by atoms with Crippen LogP contribution in [-0.4, -0.2) is 33.2 Å². The number of nitrogens with zero attached hydrogens (tertiary/aromatic N) is 2. The van der Waals surface area contributed by atoms with Crippen molar-refractivity contribution >= 4 is 5.91 Å². The van der Waals surface area contributed by atoms with E-state index < -0.39 is 0 Å². The average molecular weight is 456 g/mol. The fourth-order valence-corrected chi connectivity index (χ4v) is 3.37. The molecular weight excluding hydrogens is 410 g/mol. The third kappa shape index (κ3) is 16.8. The van der Waals surface area contributed by atoms with Crippen LogP contribution in [0.15, 0.2) is 67.3 Å². The molecule has 1 atom stereocenters. The fourth-order valence-electron chi connectivity index (χ4n) is 3.37. The summed E-state index contributed by atoms with van der Waals surface area (Å²) in [5, 5.41) is 11.7. The first-order valence-corrected chi connectivity index (χ1v) is 12.4. The molecule has 1 heterocycles. The second kappa shape index (κ2) is 18.1. The zero-order chi connectivity index (χ0) is 24.2. The summed E-state index contributed by atoms with van der Waals surface area (Å²) in [5.74, 6) is 0.0108. The van der Waals surface area contributed by atoms with Gasteiger partial charge < -0.3 is 15.0 Å². The predicted molar refractivity (Wildman–Crippen MR) is 139 cm³/mol. The Morgan fingerprint density at radius 3 is 2.33 bits per heavy atom. The maximum absolute atomic E-state index is 11.6. The van der Waals surface area contributed by atoms with Crippen molar-refractivity contribution in [2.45, 2.75) is 91.1 Å². The Morgan fingerprint density at radius 1 is 1.03 bits per heavy atom. The third-order valence-electron chi connectivity index (χ3n) is 5.39. The number of hydrogen-bond acceptors (Lipinski definition) is 3. The van der Waals surface area contributed by atoms with Gasteiger partial charge >= 0.3 is 0 Å². The molecule has 0 aromatic carbocycles. The van der Waals surface area contributed by atoms with Gasteiger partial charge in [0, 0.05) is 31.4 Å². The summed E-state index contributed by atoms with van der Waals surface area (Å²) in [6, 6.07) is -0.163. The Labute approximate surface area is 201 Å². The van der Waals surface area contributed by atoms with Crippen LogP contribution in [0.4, 0.5) is 0 Å². The number of amides is 1. The monoisotopic (exact) mass is 455 g/mol. The first-order valence-electron chi connectivity index (χ1n) is 12.4. The van der Waals surface area contributed by atoms with E-state index >= 15 is 0 Å². The molecule has 0 radical (unpaired) electrons. The molecule has 1 rings (SSSR count). The lowest BCUT2D eigenvalue weighted by Crippen LogP contribution is -2.34. The summed E-state index contributed by atoms with van der Waals surface area (Å²) < 4.78 is 2.14. The molecule has 1 amide bonds. The number of carbonyl (C=O) groups excluding carboxylic acids is 1. The van der Waals surface area contributed by atoms with Crippen molar-refractivity contribution in [2.24, 2.45) is 5.41 Å². The number of allylic oxidation sites excluding steroid dienone is 8. The van der Waals surface area contributed by atoms with Gasteiger partial charge in [-0.3, -0.25) is 4.79 Å². The lowest BCUT2D eigenvalue weighted by molar-refractivity contribution is -0.122. The molecule has 0 spiro atoms. The van der Waals surface area contributed by atoms with Gasteiger partial charge in [0.25, 0.3) is 0 Å². The minimum absolute atomic E-state index is 0.0108. The molecule has 5 heteroatoms. The van der Waals surface area contributed by atoms with Crippen LogP contribution in [0.5, 0.6) is 0 Å². The molecule has 0 saturated carbocycles. The van der Waals surface area contributed by atoms with E-state index in [0.717, 1.165) is 38.6 Å². The zero-order valence-electron chi connectivity index (χ0n) is 21.0. The fraction of sp³-hybridized carbons (Fsp3) is 0.571. The molecule has 1 aromatic rings. The summed E-state index contributed by atoms with van der Waals surface area (Å²) in [4.78, 5) is 15.7. The van der Waals surface area contributed by atoms with Crippen molar-refractivity contribution in [1.82, 2.24) is 14.9 Å². The maximum atomic E-state index is 11.6. The van der Waals surface area contributed by atoms with Gasteiger partial charge in [0.1, 0.15) is 0 Å². The molecule has 2 N–H and O–H groups in total. The van der Waals surface area contributed by atoms with E-state index in [2.05, 4.69) is 77.3 Å². The summed E-state index contributed by atoms with van der Waals surface area (Å²) in [7, 11) is 0. The minimum Gasteiger partial charge on any atom is -0.394 e. The normalized spacial score (nSPS) is 13.7. The van der Waals surface area contributed by atoms with E-state index in [-0.39, 0.29) is 24.0 Å². The molecule has 0 aliphatic carbocycles. The van der Waals surface area contributed by atoms with E-state index in [1.807, 2.05) is 18.7 Å². The molecule has 0 aliphatic heterocycles. The summed E-state index contributed by atoms with van der Waals surface area (Å²) in [6.07, 6.45) is 32.2. The van der Waals surface area contributed by atoms with Crippen molar-refractivity contribution < 1.29 is 9.90 Å².